The van der Waals surface area contributed by atoms with Gasteiger partial charge >= 0.3 is 0 Å². The molecule has 214 valence electrons. The van der Waals surface area contributed by atoms with Crippen LogP contribution in [-0.2, 0) is 25.9 Å². The number of benzene rings is 4. The molecule has 0 saturated carbocycles. The van der Waals surface area contributed by atoms with E-state index in [-0.39, 0.29) is 34.0 Å². The molecule has 0 aliphatic rings. The molecule has 4 nitrogen and oxygen atoms in total. The highest BCUT2D eigenvalue weighted by atomic mass is 79.9. The van der Waals surface area contributed by atoms with E-state index in [1.54, 1.807) is 0 Å². The average Bonchev–Trinajstić information content (AvgIpc) is 2.96. The summed E-state index contributed by atoms with van der Waals surface area (Å²) in [5, 5.41) is 3.44. The third-order valence-corrected chi connectivity index (χ3v) is 7.95. The topological polar surface area (TPSA) is 59.8 Å². The molecular formula is C34H30Br2Cl2N4. The van der Waals surface area contributed by atoms with Gasteiger partial charge in [-0.15, -0.1) is 0 Å². The van der Waals surface area contributed by atoms with E-state index in [4.69, 9.17) is 34.7 Å². The number of aromatic nitrogens is 2. The molecule has 42 heavy (non-hydrogen) atoms. The van der Waals surface area contributed by atoms with E-state index in [0.29, 0.717) is 10.0 Å². The summed E-state index contributed by atoms with van der Waals surface area (Å²) in [5.74, 6) is 0. The van der Waals surface area contributed by atoms with Gasteiger partial charge in [0.05, 0.1) is 22.1 Å². The Morgan fingerprint density at radius 3 is 1.21 bits per heavy atom. The van der Waals surface area contributed by atoms with Crippen molar-refractivity contribution in [3.63, 3.8) is 0 Å². The average molecular weight is 725 g/mol. The van der Waals surface area contributed by atoms with Crippen LogP contribution < -0.4 is 54.6 Å². The Labute approximate surface area is 277 Å². The Bertz CT molecular complexity index is 1710. The molecule has 0 bridgehead atoms. The number of pyridine rings is 2. The van der Waals surface area contributed by atoms with E-state index >= 15 is 0 Å². The quantitative estimate of drug-likeness (QED) is 0.241. The minimum Gasteiger partial charge on any atom is -1.00 e. The van der Waals surface area contributed by atoms with Gasteiger partial charge in [-0.2, -0.15) is 9.13 Å². The zero-order valence-corrected chi connectivity index (χ0v) is 27.5. The second-order valence-corrected chi connectivity index (χ2v) is 11.1. The smallest absolute Gasteiger partial charge is 0.216 e. The number of nitrogen functional groups attached to an aromatic ring is 2. The van der Waals surface area contributed by atoms with Crippen LogP contribution in [0.3, 0.4) is 0 Å². The van der Waals surface area contributed by atoms with Crippen molar-refractivity contribution in [2.75, 3.05) is 11.5 Å². The van der Waals surface area contributed by atoms with Gasteiger partial charge in [-0.05, 0) is 48.2 Å². The van der Waals surface area contributed by atoms with Crippen LogP contribution in [-0.4, -0.2) is 0 Å². The Morgan fingerprint density at radius 2 is 0.833 bits per heavy atom. The first-order valence-corrected chi connectivity index (χ1v) is 14.1. The predicted molar refractivity (Wildman–Crippen MR) is 166 cm³/mol. The van der Waals surface area contributed by atoms with Crippen molar-refractivity contribution in [2.45, 2.75) is 25.9 Å². The largest absolute Gasteiger partial charge is 1.00 e. The Hall–Kier alpha value is -3.16. The molecule has 6 rings (SSSR count). The van der Waals surface area contributed by atoms with Crippen molar-refractivity contribution < 1.29 is 43.1 Å². The SMILES string of the molecule is Nc1cc[n+](Cc2ccc(CCc3ccc(C[n+]4ccc(N)c5ccc(Cl)cc54)cc3)cc2)c2cc(Cl)ccc12.[Br-].[Br-]. The highest BCUT2D eigenvalue weighted by Crippen LogP contribution is 2.23. The van der Waals surface area contributed by atoms with Crippen LogP contribution >= 0.6 is 23.2 Å². The first kappa shape index (κ1) is 31.8. The van der Waals surface area contributed by atoms with Gasteiger partial charge in [-0.1, -0.05) is 71.7 Å². The lowest BCUT2D eigenvalue weighted by Crippen LogP contribution is -3.00. The normalized spacial score (nSPS) is 10.8. The van der Waals surface area contributed by atoms with Crippen molar-refractivity contribution in [1.82, 2.24) is 0 Å². The van der Waals surface area contributed by atoms with Crippen LogP contribution in [0.2, 0.25) is 10.0 Å². The first-order chi connectivity index (χ1) is 19.4. The van der Waals surface area contributed by atoms with Crippen LogP contribution in [0.15, 0.2) is 109 Å². The molecule has 0 aliphatic carbocycles. The molecule has 0 fully saturated rings. The molecule has 0 atom stereocenters. The van der Waals surface area contributed by atoms with E-state index in [1.807, 2.05) is 60.9 Å². The van der Waals surface area contributed by atoms with Crippen LogP contribution in [0.5, 0.6) is 0 Å². The number of nitrogens with zero attached hydrogens (tertiary/aromatic N) is 2. The molecule has 0 unspecified atom stereocenters. The number of rotatable bonds is 7. The van der Waals surface area contributed by atoms with Gasteiger partial charge in [0.1, 0.15) is 0 Å². The highest BCUT2D eigenvalue weighted by molar-refractivity contribution is 6.31. The fourth-order valence-electron chi connectivity index (χ4n) is 5.23. The summed E-state index contributed by atoms with van der Waals surface area (Å²) in [5.41, 5.74) is 21.1. The van der Waals surface area contributed by atoms with Gasteiger partial charge in [-0.25, -0.2) is 0 Å². The van der Waals surface area contributed by atoms with E-state index < -0.39 is 0 Å². The van der Waals surface area contributed by atoms with Crippen LogP contribution in [0.1, 0.15) is 22.3 Å². The van der Waals surface area contributed by atoms with Crippen LogP contribution in [0, 0.1) is 0 Å². The lowest BCUT2D eigenvalue weighted by atomic mass is 10.0. The number of nitrogens with two attached hydrogens (primary N) is 2. The van der Waals surface area contributed by atoms with Crippen molar-refractivity contribution in [2.24, 2.45) is 0 Å². The molecule has 4 aromatic carbocycles. The summed E-state index contributed by atoms with van der Waals surface area (Å²) in [4.78, 5) is 0. The zero-order chi connectivity index (χ0) is 27.6. The Morgan fingerprint density at radius 1 is 0.476 bits per heavy atom. The number of anilines is 2. The molecule has 2 heterocycles. The van der Waals surface area contributed by atoms with E-state index in [0.717, 1.165) is 59.1 Å². The predicted octanol–water partition coefficient (Wildman–Crippen LogP) is 0.929. The maximum absolute atomic E-state index is 6.26. The molecule has 0 radical (unpaired) electrons. The van der Waals surface area contributed by atoms with Gasteiger partial charge < -0.3 is 45.4 Å². The highest BCUT2D eigenvalue weighted by Gasteiger charge is 2.14. The Kier molecular flexibility index (Phi) is 10.5. The molecule has 0 amide bonds. The van der Waals surface area contributed by atoms with Crippen LogP contribution in [0.25, 0.3) is 21.8 Å². The first-order valence-electron chi connectivity index (χ1n) is 13.3. The molecule has 8 heteroatoms. The van der Waals surface area contributed by atoms with E-state index in [9.17, 15) is 0 Å². The van der Waals surface area contributed by atoms with Crippen molar-refractivity contribution in [3.8, 4) is 0 Å². The van der Waals surface area contributed by atoms with Crippen molar-refractivity contribution in [3.05, 3.63) is 142 Å². The Balaban J connectivity index is 0.00000202. The van der Waals surface area contributed by atoms with Crippen molar-refractivity contribution in [1.29, 1.82) is 0 Å². The molecule has 4 N–H and O–H groups in total. The summed E-state index contributed by atoms with van der Waals surface area (Å²) in [6.07, 6.45) is 6.02. The number of fused-ring (bicyclic) bond motifs is 2. The molecular weight excluding hydrogens is 695 g/mol. The number of aryl methyl sites for hydroxylation is 2. The summed E-state index contributed by atoms with van der Waals surface area (Å²) < 4.78 is 4.38. The molecule has 6 aromatic rings. The molecule has 0 aliphatic heterocycles. The minimum absolute atomic E-state index is 0. The lowest BCUT2D eigenvalue weighted by molar-refractivity contribution is -0.662. The summed E-state index contributed by atoms with van der Waals surface area (Å²) >= 11 is 12.5. The van der Waals surface area contributed by atoms with Gasteiger partial charge in [0.25, 0.3) is 0 Å². The second-order valence-electron chi connectivity index (χ2n) is 10.3. The summed E-state index contributed by atoms with van der Waals surface area (Å²) in [6.45, 7) is 1.51. The maximum Gasteiger partial charge on any atom is 0.216 e. The summed E-state index contributed by atoms with van der Waals surface area (Å²) in [6, 6.07) is 33.3. The zero-order valence-electron chi connectivity index (χ0n) is 22.8. The van der Waals surface area contributed by atoms with Gasteiger partial charge in [0, 0.05) is 45.4 Å². The van der Waals surface area contributed by atoms with Crippen molar-refractivity contribution >= 4 is 56.4 Å². The number of hydrogen-bond acceptors (Lipinski definition) is 2. The molecule has 2 aromatic heterocycles. The van der Waals surface area contributed by atoms with Gasteiger partial charge in [0.2, 0.25) is 11.0 Å². The van der Waals surface area contributed by atoms with E-state index in [1.165, 1.54) is 22.3 Å². The molecule has 0 spiro atoms. The fourth-order valence-corrected chi connectivity index (χ4v) is 5.57. The maximum atomic E-state index is 6.26. The van der Waals surface area contributed by atoms with Crippen LogP contribution in [0.4, 0.5) is 11.4 Å². The second kappa shape index (κ2) is 13.9. The van der Waals surface area contributed by atoms with Gasteiger partial charge in [-0.3, -0.25) is 0 Å². The fraction of sp³-hybridized carbons (Fsp3) is 0.118. The third kappa shape index (κ3) is 7.07. The number of hydrogen-bond donors (Lipinski definition) is 2. The molecule has 0 saturated heterocycles. The third-order valence-electron chi connectivity index (χ3n) is 7.48. The van der Waals surface area contributed by atoms with E-state index in [2.05, 4.69) is 57.7 Å². The van der Waals surface area contributed by atoms with Gasteiger partial charge in [0.15, 0.2) is 25.5 Å². The standard InChI is InChI=1S/C34H28Cl2N4.2BrH/c35-27-11-13-29-31(37)15-17-39(33(29)19-27)21-25-7-3-23(4-8-25)1-2-24-5-9-26(10-6-24)22-40-18-16-32(38)30-14-12-28(36)20-34(30)40;;/h3-20,37-38H,1-2,21-22H2;2*1H. The number of halogens is 4. The summed E-state index contributed by atoms with van der Waals surface area (Å²) in [7, 11) is 0. The monoisotopic (exact) mass is 722 g/mol. The lowest BCUT2D eigenvalue weighted by Gasteiger charge is -2.07. The minimum atomic E-state index is 0.